The Kier molecular flexibility index (Phi) is 6.27. The van der Waals surface area contributed by atoms with Gasteiger partial charge in [-0.2, -0.15) is 0 Å². The fraction of sp³-hybridized carbons (Fsp3) is 0.429. The van der Waals surface area contributed by atoms with Crippen LogP contribution >= 0.6 is 0 Å². The van der Waals surface area contributed by atoms with Crippen molar-refractivity contribution < 1.29 is 9.18 Å². The van der Waals surface area contributed by atoms with Gasteiger partial charge in [-0.15, -0.1) is 0 Å². The first-order chi connectivity index (χ1) is 13.1. The summed E-state index contributed by atoms with van der Waals surface area (Å²) < 4.78 is 14.9. The molecular formula is C21H26FN3O2. The van der Waals surface area contributed by atoms with Gasteiger partial charge >= 0.3 is 6.03 Å². The van der Waals surface area contributed by atoms with E-state index in [0.29, 0.717) is 26.1 Å². The van der Waals surface area contributed by atoms with Crippen molar-refractivity contribution in [2.45, 2.75) is 45.2 Å². The molecule has 0 unspecified atom stereocenters. The molecule has 6 heteroatoms. The molecule has 1 N–H and O–H groups in total. The number of urea groups is 1. The van der Waals surface area contributed by atoms with E-state index in [4.69, 9.17) is 0 Å². The minimum Gasteiger partial charge on any atom is -0.338 e. The summed E-state index contributed by atoms with van der Waals surface area (Å²) >= 11 is 0. The van der Waals surface area contributed by atoms with Crippen LogP contribution in [0.1, 0.15) is 43.0 Å². The van der Waals surface area contributed by atoms with Gasteiger partial charge in [-0.1, -0.05) is 18.2 Å². The number of nitrogens with zero attached hydrogens (tertiary/aromatic N) is 2. The van der Waals surface area contributed by atoms with Crippen LogP contribution in [0.5, 0.6) is 0 Å². The molecule has 2 amide bonds. The van der Waals surface area contributed by atoms with Gasteiger partial charge in [0.25, 0.3) is 5.56 Å². The topological polar surface area (TPSA) is 54.3 Å². The van der Waals surface area contributed by atoms with Gasteiger partial charge in [0.1, 0.15) is 5.82 Å². The predicted molar refractivity (Wildman–Crippen MR) is 103 cm³/mol. The smallest absolute Gasteiger partial charge is 0.317 e. The Labute approximate surface area is 158 Å². The zero-order valence-corrected chi connectivity index (χ0v) is 15.7. The molecule has 1 aromatic carbocycles. The maximum Gasteiger partial charge on any atom is 0.317 e. The van der Waals surface area contributed by atoms with Crippen molar-refractivity contribution in [3.8, 4) is 0 Å². The molecule has 2 aromatic rings. The van der Waals surface area contributed by atoms with E-state index in [0.717, 1.165) is 30.5 Å². The Hall–Kier alpha value is -2.63. The summed E-state index contributed by atoms with van der Waals surface area (Å²) in [6.07, 6.45) is 3.61. The number of halogens is 1. The first-order valence-corrected chi connectivity index (χ1v) is 9.52. The van der Waals surface area contributed by atoms with E-state index in [1.165, 1.54) is 12.1 Å². The highest BCUT2D eigenvalue weighted by Gasteiger charge is 2.27. The normalized spacial score (nSPS) is 17.0. The zero-order chi connectivity index (χ0) is 19.2. The Morgan fingerprint density at radius 1 is 1.19 bits per heavy atom. The van der Waals surface area contributed by atoms with Crippen molar-refractivity contribution in [3.63, 3.8) is 0 Å². The minimum absolute atomic E-state index is 0.0154. The number of benzene rings is 1. The highest BCUT2D eigenvalue weighted by molar-refractivity contribution is 5.74. The van der Waals surface area contributed by atoms with E-state index in [1.54, 1.807) is 28.8 Å². The Balaban J connectivity index is 1.56. The number of aryl methyl sites for hydroxylation is 1. The highest BCUT2D eigenvalue weighted by Crippen LogP contribution is 2.30. The van der Waals surface area contributed by atoms with E-state index < -0.39 is 0 Å². The lowest BCUT2D eigenvalue weighted by Crippen LogP contribution is -2.45. The van der Waals surface area contributed by atoms with Crippen molar-refractivity contribution in [1.29, 1.82) is 0 Å². The van der Waals surface area contributed by atoms with Crippen molar-refractivity contribution in [3.05, 3.63) is 69.9 Å². The van der Waals surface area contributed by atoms with Crippen LogP contribution in [0.15, 0.2) is 47.3 Å². The molecule has 0 bridgehead atoms. The summed E-state index contributed by atoms with van der Waals surface area (Å²) in [5, 5.41) is 2.97. The average Bonchev–Trinajstić information content (AvgIpc) is 2.67. The molecule has 144 valence electrons. The molecule has 0 saturated carbocycles. The molecule has 2 heterocycles. The number of hydrogen-bond acceptors (Lipinski definition) is 2. The van der Waals surface area contributed by atoms with E-state index >= 15 is 0 Å². The number of rotatable bonds is 5. The second-order valence-electron chi connectivity index (χ2n) is 7.00. The number of pyridine rings is 1. The second-order valence-corrected chi connectivity index (χ2v) is 7.00. The first-order valence-electron chi connectivity index (χ1n) is 9.52. The summed E-state index contributed by atoms with van der Waals surface area (Å²) in [6, 6.07) is 11.5. The minimum atomic E-state index is -0.267. The molecule has 5 nitrogen and oxygen atoms in total. The molecule has 1 aliphatic heterocycles. The van der Waals surface area contributed by atoms with Crippen LogP contribution in [0.4, 0.5) is 9.18 Å². The molecule has 0 spiro atoms. The largest absolute Gasteiger partial charge is 0.338 e. The third kappa shape index (κ3) is 4.76. The van der Waals surface area contributed by atoms with E-state index in [9.17, 15) is 14.0 Å². The van der Waals surface area contributed by atoms with Crippen LogP contribution in [0.2, 0.25) is 0 Å². The summed E-state index contributed by atoms with van der Waals surface area (Å²) in [6.45, 7) is 3.69. The van der Waals surface area contributed by atoms with E-state index in [-0.39, 0.29) is 23.4 Å². The molecule has 1 fully saturated rings. The third-order valence-electron chi connectivity index (χ3n) is 5.12. The fourth-order valence-corrected chi connectivity index (χ4v) is 3.65. The Bertz CT molecular complexity index is 832. The second kappa shape index (κ2) is 8.84. The van der Waals surface area contributed by atoms with E-state index in [2.05, 4.69) is 5.32 Å². The lowest BCUT2D eigenvalue weighted by molar-refractivity contribution is 0.151. The van der Waals surface area contributed by atoms with Crippen molar-refractivity contribution in [2.75, 3.05) is 13.1 Å². The summed E-state index contributed by atoms with van der Waals surface area (Å²) in [5.74, 6) is -0.267. The SMILES string of the molecule is Cc1cccc(=O)n1CCCNC(=O)N1CCCC[C@@H]1c1ccc(F)cc1. The fourth-order valence-electron chi connectivity index (χ4n) is 3.65. The first kappa shape index (κ1) is 19.1. The molecule has 0 aliphatic carbocycles. The van der Waals surface area contributed by atoms with Gasteiger partial charge in [0.2, 0.25) is 0 Å². The lowest BCUT2D eigenvalue weighted by atomic mass is 9.95. The van der Waals surface area contributed by atoms with Gasteiger partial charge in [-0.05, 0) is 56.4 Å². The van der Waals surface area contributed by atoms with Crippen LogP contribution < -0.4 is 10.9 Å². The van der Waals surface area contributed by atoms with Gasteiger partial charge in [0.15, 0.2) is 0 Å². The number of piperidine rings is 1. The van der Waals surface area contributed by atoms with Crippen LogP contribution in [-0.2, 0) is 6.54 Å². The Morgan fingerprint density at radius 2 is 1.96 bits per heavy atom. The van der Waals surface area contributed by atoms with Gasteiger partial charge in [0, 0.05) is 31.4 Å². The maximum absolute atomic E-state index is 13.2. The molecule has 1 aromatic heterocycles. The number of amides is 2. The zero-order valence-electron chi connectivity index (χ0n) is 15.7. The number of likely N-dealkylation sites (tertiary alicyclic amines) is 1. The van der Waals surface area contributed by atoms with Gasteiger partial charge in [-0.25, -0.2) is 9.18 Å². The maximum atomic E-state index is 13.2. The van der Waals surface area contributed by atoms with Crippen molar-refractivity contribution in [2.24, 2.45) is 0 Å². The van der Waals surface area contributed by atoms with Crippen molar-refractivity contribution in [1.82, 2.24) is 14.8 Å². The highest BCUT2D eigenvalue weighted by atomic mass is 19.1. The Morgan fingerprint density at radius 3 is 2.70 bits per heavy atom. The van der Waals surface area contributed by atoms with Crippen molar-refractivity contribution >= 4 is 6.03 Å². The molecular weight excluding hydrogens is 345 g/mol. The standard InChI is InChI=1S/C21H26FN3O2/c1-16-6-4-8-20(26)24(16)15-5-13-23-21(27)25-14-3-2-7-19(25)17-9-11-18(22)12-10-17/h4,6,8-12,19H,2-3,5,7,13-15H2,1H3,(H,23,27)/t19-/m1/s1. The molecule has 1 atom stereocenters. The molecule has 1 aliphatic rings. The monoisotopic (exact) mass is 371 g/mol. The number of carbonyl (C=O) groups excluding carboxylic acids is 1. The molecule has 3 rings (SSSR count). The van der Waals surface area contributed by atoms with Gasteiger partial charge in [-0.3, -0.25) is 4.79 Å². The number of carbonyl (C=O) groups is 1. The third-order valence-corrected chi connectivity index (χ3v) is 5.12. The van der Waals surface area contributed by atoms with Crippen LogP contribution in [0.3, 0.4) is 0 Å². The lowest BCUT2D eigenvalue weighted by Gasteiger charge is -2.36. The van der Waals surface area contributed by atoms with Gasteiger partial charge < -0.3 is 14.8 Å². The molecule has 0 radical (unpaired) electrons. The summed E-state index contributed by atoms with van der Waals surface area (Å²) in [5.41, 5.74) is 1.87. The summed E-state index contributed by atoms with van der Waals surface area (Å²) in [7, 11) is 0. The predicted octanol–water partition coefficient (Wildman–Crippen LogP) is 3.62. The average molecular weight is 371 g/mol. The molecule has 1 saturated heterocycles. The van der Waals surface area contributed by atoms with Crippen LogP contribution in [-0.4, -0.2) is 28.6 Å². The van der Waals surface area contributed by atoms with Crippen LogP contribution in [0.25, 0.3) is 0 Å². The number of nitrogens with one attached hydrogen (secondary N) is 1. The quantitative estimate of drug-likeness (QED) is 0.816. The van der Waals surface area contributed by atoms with E-state index in [1.807, 2.05) is 17.9 Å². The van der Waals surface area contributed by atoms with Gasteiger partial charge in [0.05, 0.1) is 6.04 Å². The number of hydrogen-bond donors (Lipinski definition) is 1. The molecule has 27 heavy (non-hydrogen) atoms. The number of aromatic nitrogens is 1. The van der Waals surface area contributed by atoms with Crippen LogP contribution in [0, 0.1) is 12.7 Å². The summed E-state index contributed by atoms with van der Waals surface area (Å²) in [4.78, 5) is 26.4.